The lowest BCUT2D eigenvalue weighted by Gasteiger charge is -2.48. The molecule has 31 heavy (non-hydrogen) atoms. The summed E-state index contributed by atoms with van der Waals surface area (Å²) in [6.07, 6.45) is 0. The van der Waals surface area contributed by atoms with Crippen molar-refractivity contribution in [2.75, 3.05) is 78.8 Å². The molecule has 2 aliphatic heterocycles. The van der Waals surface area contributed by atoms with Crippen LogP contribution in [0.25, 0.3) is 0 Å². The summed E-state index contributed by atoms with van der Waals surface area (Å²) in [6.45, 7) is 22.2. The Kier molecular flexibility index (Phi) is 12.1. The van der Waals surface area contributed by atoms with Crippen LogP contribution in [-0.4, -0.2) is 118 Å². The van der Waals surface area contributed by atoms with Gasteiger partial charge in [-0.05, 0) is 41.5 Å². The Morgan fingerprint density at radius 3 is 1.16 bits per heavy atom. The van der Waals surface area contributed by atoms with Crippen LogP contribution in [0.1, 0.15) is 41.5 Å². The third kappa shape index (κ3) is 7.03. The van der Waals surface area contributed by atoms with Gasteiger partial charge in [0.05, 0.1) is 11.3 Å². The number of hydrogen-bond acceptors (Lipinski definition) is 9. The zero-order valence-electron chi connectivity index (χ0n) is 20.6. The molecule has 2 rings (SSSR count). The maximum absolute atomic E-state index is 7.08. The van der Waals surface area contributed by atoms with Gasteiger partial charge in [-0.3, -0.25) is 9.80 Å². The van der Waals surface area contributed by atoms with E-state index in [0.29, 0.717) is 26.4 Å². The maximum atomic E-state index is 7.08. The van der Waals surface area contributed by atoms with E-state index >= 15 is 0 Å². The van der Waals surface area contributed by atoms with Crippen LogP contribution in [0.3, 0.4) is 0 Å². The highest BCUT2D eigenvalue weighted by molar-refractivity contribution is 6.76. The second-order valence-electron chi connectivity index (χ2n) is 7.97. The van der Waals surface area contributed by atoms with Crippen molar-refractivity contribution >= 4 is 17.6 Å². The largest absolute Gasteiger partial charge is 0.511 e. The van der Waals surface area contributed by atoms with Crippen molar-refractivity contribution in [3.8, 4) is 0 Å². The van der Waals surface area contributed by atoms with Crippen LogP contribution in [0, 0.1) is 0 Å². The Bertz CT molecular complexity index is 442. The maximum Gasteiger partial charge on any atom is 0.511 e. The van der Waals surface area contributed by atoms with Gasteiger partial charge in [-0.2, -0.15) is 0 Å². The van der Waals surface area contributed by atoms with Crippen LogP contribution < -0.4 is 10.6 Å². The molecule has 2 N–H and O–H groups in total. The highest BCUT2D eigenvalue weighted by atomic mass is 28.5. The summed E-state index contributed by atoms with van der Waals surface area (Å²) >= 11 is 0. The zero-order chi connectivity index (χ0) is 22.7. The Labute approximate surface area is 191 Å². The molecule has 2 saturated heterocycles. The minimum absolute atomic E-state index is 0.0255. The predicted octanol–water partition coefficient (Wildman–Crippen LogP) is 0.693. The smallest absolute Gasteiger partial charge is 0.373 e. The molecular formula is C20H46N4O5Si2. The van der Waals surface area contributed by atoms with Crippen molar-refractivity contribution in [1.82, 2.24) is 20.4 Å². The molecule has 2 atom stereocenters. The summed E-state index contributed by atoms with van der Waals surface area (Å²) in [5.41, 5.74) is 0.0509. The zero-order valence-corrected chi connectivity index (χ0v) is 22.6. The number of hydrogen-bond donors (Lipinski definition) is 2. The van der Waals surface area contributed by atoms with E-state index in [0.717, 1.165) is 52.4 Å². The lowest BCUT2D eigenvalue weighted by molar-refractivity contribution is 0.0105. The van der Waals surface area contributed by atoms with Gasteiger partial charge in [-0.15, -0.1) is 0 Å². The fraction of sp³-hybridized carbons (Fsp3) is 1.00. The molecule has 11 heteroatoms. The molecule has 0 saturated carbocycles. The molecule has 2 fully saturated rings. The first-order valence-electron chi connectivity index (χ1n) is 12.1. The minimum Gasteiger partial charge on any atom is -0.373 e. The first-order valence-corrected chi connectivity index (χ1v) is 15.7. The summed E-state index contributed by atoms with van der Waals surface area (Å²) in [6, 6.07) is 0. The average Bonchev–Trinajstić information content (AvgIpc) is 2.79. The van der Waals surface area contributed by atoms with Crippen LogP contribution in [0.5, 0.6) is 0 Å². The molecular weight excluding hydrogens is 432 g/mol. The van der Waals surface area contributed by atoms with Crippen LogP contribution >= 0.6 is 0 Å². The molecule has 0 aliphatic carbocycles. The Morgan fingerprint density at radius 1 is 0.613 bits per heavy atom. The molecule has 0 aromatic heterocycles. The van der Waals surface area contributed by atoms with Crippen molar-refractivity contribution in [1.29, 1.82) is 0 Å². The molecule has 9 nitrogen and oxygen atoms in total. The van der Waals surface area contributed by atoms with Gasteiger partial charge in [0.25, 0.3) is 0 Å². The molecule has 0 spiro atoms. The van der Waals surface area contributed by atoms with E-state index < -0.39 is 17.6 Å². The molecule has 2 unspecified atom stereocenters. The molecule has 0 aromatic carbocycles. The summed E-state index contributed by atoms with van der Waals surface area (Å²) < 4.78 is 32.9. The van der Waals surface area contributed by atoms with E-state index in [2.05, 4.69) is 34.3 Å². The van der Waals surface area contributed by atoms with Crippen LogP contribution in [0.4, 0.5) is 0 Å². The number of nitrogens with one attached hydrogen (secondary N) is 2. The fourth-order valence-electron chi connectivity index (χ4n) is 4.44. The van der Waals surface area contributed by atoms with Gasteiger partial charge in [0.1, 0.15) is 0 Å². The molecule has 0 bridgehead atoms. The summed E-state index contributed by atoms with van der Waals surface area (Å²) in [7, 11) is -6.31. The van der Waals surface area contributed by atoms with Gasteiger partial charge in [0.2, 0.25) is 0 Å². The predicted molar refractivity (Wildman–Crippen MR) is 127 cm³/mol. The van der Waals surface area contributed by atoms with E-state index in [1.165, 1.54) is 0 Å². The molecule has 0 aromatic rings. The van der Waals surface area contributed by atoms with E-state index in [9.17, 15) is 0 Å². The van der Waals surface area contributed by atoms with Gasteiger partial charge in [0.15, 0.2) is 0 Å². The normalized spacial score (nSPS) is 21.9. The van der Waals surface area contributed by atoms with Crippen LogP contribution in [0.2, 0.25) is 0 Å². The van der Waals surface area contributed by atoms with Crippen molar-refractivity contribution in [2.24, 2.45) is 0 Å². The number of piperazine rings is 2. The first kappa shape index (κ1) is 27.3. The number of nitrogens with zero attached hydrogens (tertiary/aromatic N) is 2. The Morgan fingerprint density at radius 2 is 0.903 bits per heavy atom. The molecule has 2 heterocycles. The topological polar surface area (TPSA) is 76.7 Å². The van der Waals surface area contributed by atoms with Gasteiger partial charge in [-0.25, -0.2) is 0 Å². The summed E-state index contributed by atoms with van der Waals surface area (Å²) in [5.74, 6) is 0. The van der Waals surface area contributed by atoms with Crippen molar-refractivity contribution < 1.29 is 21.8 Å². The average molecular weight is 479 g/mol. The van der Waals surface area contributed by atoms with E-state index in [1.54, 1.807) is 0 Å². The highest BCUT2D eigenvalue weighted by Gasteiger charge is 2.61. The van der Waals surface area contributed by atoms with Crippen molar-refractivity contribution in [3.63, 3.8) is 0 Å². The van der Waals surface area contributed by atoms with Crippen LogP contribution in [0.15, 0.2) is 0 Å². The third-order valence-corrected chi connectivity index (χ3v) is 13.9. The van der Waals surface area contributed by atoms with E-state index in [4.69, 9.17) is 21.8 Å². The first-order chi connectivity index (χ1) is 15.0. The van der Waals surface area contributed by atoms with Gasteiger partial charge in [-0.1, -0.05) is 0 Å². The standard InChI is InChI=1S/C20H46N4O5Si2/c1-7-25-30(26-8-2,19(5)23-15-11-21-12-16-23)29-31(27-9-3,28-10-4)20(6)24-17-13-22-14-18-24/h19-22H,7-18H2,1-6H3. The van der Waals surface area contributed by atoms with Gasteiger partial charge in [0, 0.05) is 78.8 Å². The van der Waals surface area contributed by atoms with Crippen molar-refractivity contribution in [3.05, 3.63) is 0 Å². The second-order valence-corrected chi connectivity index (χ2v) is 14.0. The third-order valence-electron chi connectivity index (χ3n) is 6.09. The lowest BCUT2D eigenvalue weighted by Crippen LogP contribution is -2.73. The summed E-state index contributed by atoms with van der Waals surface area (Å²) in [4.78, 5) is 4.86. The summed E-state index contributed by atoms with van der Waals surface area (Å²) in [5, 5.41) is 6.87. The SMILES string of the molecule is CCO[Si](OCC)(O[Si](OCC)(OCC)C(C)N1CCNCC1)C(C)N1CCNCC1. The van der Waals surface area contributed by atoms with Crippen molar-refractivity contribution in [2.45, 2.75) is 52.9 Å². The number of rotatable bonds is 14. The van der Waals surface area contributed by atoms with E-state index in [-0.39, 0.29) is 11.3 Å². The molecule has 2 aliphatic rings. The minimum atomic E-state index is -3.15. The monoisotopic (exact) mass is 478 g/mol. The molecule has 184 valence electrons. The van der Waals surface area contributed by atoms with Gasteiger partial charge >= 0.3 is 17.6 Å². The van der Waals surface area contributed by atoms with Crippen LogP contribution in [-0.2, 0) is 21.8 Å². The van der Waals surface area contributed by atoms with E-state index in [1.807, 2.05) is 27.7 Å². The molecule has 0 amide bonds. The quantitative estimate of drug-likeness (QED) is 0.351. The second kappa shape index (κ2) is 13.7. The lowest BCUT2D eigenvalue weighted by atomic mass is 10.4. The van der Waals surface area contributed by atoms with Gasteiger partial charge < -0.3 is 32.5 Å². The fourth-order valence-corrected chi connectivity index (χ4v) is 12.5. The Hall–Kier alpha value is 0.0738. The highest BCUT2D eigenvalue weighted by Crippen LogP contribution is 2.30. The molecule has 0 radical (unpaired) electrons. The Balaban J connectivity index is 2.40.